The number of nitrogens with zero attached hydrogens (tertiary/aromatic N) is 2. The van der Waals surface area contributed by atoms with E-state index in [1.807, 2.05) is 25.1 Å². The van der Waals surface area contributed by atoms with Gasteiger partial charge in [0, 0.05) is 31.5 Å². The van der Waals surface area contributed by atoms with Crippen molar-refractivity contribution in [1.29, 1.82) is 0 Å². The fourth-order valence-corrected chi connectivity index (χ4v) is 3.24. The van der Waals surface area contributed by atoms with Crippen molar-refractivity contribution >= 4 is 5.91 Å². The van der Waals surface area contributed by atoms with Crippen LogP contribution in [0.1, 0.15) is 29.7 Å². The molecular weight excluding hydrogens is 317 g/mol. The van der Waals surface area contributed by atoms with Gasteiger partial charge in [-0.2, -0.15) is 0 Å². The molecule has 1 aliphatic rings. The highest BCUT2D eigenvalue weighted by molar-refractivity contribution is 5.78. The summed E-state index contributed by atoms with van der Waals surface area (Å²) in [5, 5.41) is 3.02. The number of carbonyl (C=O) groups excluding carboxylic acids is 1. The maximum absolute atomic E-state index is 13.3. The fourth-order valence-electron chi connectivity index (χ4n) is 3.24. The van der Waals surface area contributed by atoms with Crippen molar-refractivity contribution in [3.8, 4) is 0 Å². The SMILES string of the molecule is Cc1ccc(CNC(=O)C2CCCN(Cc3cccc(F)c3)C2)cn1. The number of hydrogen-bond acceptors (Lipinski definition) is 3. The zero-order valence-corrected chi connectivity index (χ0v) is 14.5. The molecule has 4 nitrogen and oxygen atoms in total. The lowest BCUT2D eigenvalue weighted by molar-refractivity contribution is -0.126. The van der Waals surface area contributed by atoms with Crippen LogP contribution in [0.5, 0.6) is 0 Å². The second-order valence-electron chi connectivity index (χ2n) is 6.73. The van der Waals surface area contributed by atoms with Gasteiger partial charge in [0.1, 0.15) is 5.82 Å². The number of hydrogen-bond donors (Lipinski definition) is 1. The first kappa shape index (κ1) is 17.5. The summed E-state index contributed by atoms with van der Waals surface area (Å²) in [5.74, 6) is -0.138. The van der Waals surface area contributed by atoms with E-state index in [4.69, 9.17) is 0 Å². The largest absolute Gasteiger partial charge is 0.352 e. The molecule has 1 saturated heterocycles. The number of rotatable bonds is 5. The van der Waals surface area contributed by atoms with E-state index in [0.29, 0.717) is 19.6 Å². The summed E-state index contributed by atoms with van der Waals surface area (Å²) < 4.78 is 13.3. The van der Waals surface area contributed by atoms with Gasteiger partial charge in [-0.15, -0.1) is 0 Å². The van der Waals surface area contributed by atoms with Crippen molar-refractivity contribution in [2.75, 3.05) is 13.1 Å². The lowest BCUT2D eigenvalue weighted by Gasteiger charge is -2.32. The molecule has 0 bridgehead atoms. The number of pyridine rings is 1. The highest BCUT2D eigenvalue weighted by Gasteiger charge is 2.25. The van der Waals surface area contributed by atoms with Gasteiger partial charge in [0.25, 0.3) is 0 Å². The Morgan fingerprint density at radius 1 is 1.32 bits per heavy atom. The second-order valence-corrected chi connectivity index (χ2v) is 6.73. The van der Waals surface area contributed by atoms with Gasteiger partial charge >= 0.3 is 0 Å². The lowest BCUT2D eigenvalue weighted by atomic mass is 9.96. The third-order valence-corrected chi connectivity index (χ3v) is 4.61. The zero-order valence-electron chi connectivity index (χ0n) is 14.5. The summed E-state index contributed by atoms with van der Waals surface area (Å²) in [6, 6.07) is 10.6. The Morgan fingerprint density at radius 2 is 2.20 bits per heavy atom. The summed E-state index contributed by atoms with van der Waals surface area (Å²) >= 11 is 0. The third-order valence-electron chi connectivity index (χ3n) is 4.61. The van der Waals surface area contributed by atoms with Crippen molar-refractivity contribution in [2.24, 2.45) is 5.92 Å². The topological polar surface area (TPSA) is 45.2 Å². The van der Waals surface area contributed by atoms with E-state index in [9.17, 15) is 9.18 Å². The highest BCUT2D eigenvalue weighted by atomic mass is 19.1. The van der Waals surface area contributed by atoms with Gasteiger partial charge in [-0.05, 0) is 55.6 Å². The summed E-state index contributed by atoms with van der Waals surface area (Å²) in [4.78, 5) is 18.9. The van der Waals surface area contributed by atoms with Gasteiger partial charge in [-0.3, -0.25) is 14.7 Å². The summed E-state index contributed by atoms with van der Waals surface area (Å²) in [5.41, 5.74) is 2.92. The number of carbonyl (C=O) groups is 1. The van der Waals surface area contributed by atoms with E-state index in [0.717, 1.165) is 36.2 Å². The molecule has 132 valence electrons. The molecule has 3 rings (SSSR count). The Hall–Kier alpha value is -2.27. The minimum Gasteiger partial charge on any atom is -0.352 e. The van der Waals surface area contributed by atoms with E-state index in [1.54, 1.807) is 18.3 Å². The van der Waals surface area contributed by atoms with Crippen LogP contribution in [0.3, 0.4) is 0 Å². The van der Waals surface area contributed by atoms with E-state index < -0.39 is 0 Å². The molecule has 2 aromatic rings. The first-order chi connectivity index (χ1) is 12.1. The Kier molecular flexibility index (Phi) is 5.76. The third kappa shape index (κ3) is 5.10. The van der Waals surface area contributed by atoms with Crippen LogP contribution >= 0.6 is 0 Å². The lowest BCUT2D eigenvalue weighted by Crippen LogP contribution is -2.42. The molecule has 0 saturated carbocycles. The van der Waals surface area contributed by atoms with Gasteiger partial charge in [0.2, 0.25) is 5.91 Å². The van der Waals surface area contributed by atoms with Gasteiger partial charge in [-0.25, -0.2) is 4.39 Å². The van der Waals surface area contributed by atoms with Crippen LogP contribution in [0.25, 0.3) is 0 Å². The molecule has 0 radical (unpaired) electrons. The van der Waals surface area contributed by atoms with Gasteiger partial charge < -0.3 is 5.32 Å². The van der Waals surface area contributed by atoms with Crippen LogP contribution < -0.4 is 5.32 Å². The molecule has 0 spiro atoms. The standard InChI is InChI=1S/C20H24FN3O/c1-15-7-8-17(11-22-15)12-23-20(25)18-5-3-9-24(14-18)13-16-4-2-6-19(21)10-16/h2,4,6-8,10-11,18H,3,5,9,12-14H2,1H3,(H,23,25). The smallest absolute Gasteiger partial charge is 0.224 e. The molecule has 1 fully saturated rings. The van der Waals surface area contributed by atoms with E-state index in [2.05, 4.69) is 15.2 Å². The minimum absolute atomic E-state index is 0.0132. The second kappa shape index (κ2) is 8.21. The van der Waals surface area contributed by atoms with Crippen molar-refractivity contribution in [3.05, 3.63) is 65.2 Å². The summed E-state index contributed by atoms with van der Waals surface area (Å²) in [7, 11) is 0. The molecule has 1 N–H and O–H groups in total. The van der Waals surface area contributed by atoms with Crippen molar-refractivity contribution in [2.45, 2.75) is 32.9 Å². The number of halogens is 1. The number of likely N-dealkylation sites (tertiary alicyclic amines) is 1. The van der Waals surface area contributed by atoms with E-state index in [-0.39, 0.29) is 17.6 Å². The van der Waals surface area contributed by atoms with E-state index in [1.165, 1.54) is 6.07 Å². The average Bonchev–Trinajstić information content (AvgIpc) is 2.61. The summed E-state index contributed by atoms with van der Waals surface area (Å²) in [6.45, 7) is 4.80. The predicted molar refractivity (Wildman–Crippen MR) is 95.2 cm³/mol. The molecule has 1 aromatic heterocycles. The van der Waals surface area contributed by atoms with Crippen LogP contribution in [-0.2, 0) is 17.9 Å². The Bertz CT molecular complexity index is 717. The highest BCUT2D eigenvalue weighted by Crippen LogP contribution is 2.19. The van der Waals surface area contributed by atoms with Gasteiger partial charge in [0.05, 0.1) is 5.92 Å². The number of benzene rings is 1. The van der Waals surface area contributed by atoms with Gasteiger partial charge in [-0.1, -0.05) is 18.2 Å². The number of aryl methyl sites for hydroxylation is 1. The first-order valence-electron chi connectivity index (χ1n) is 8.76. The number of amides is 1. The molecule has 1 unspecified atom stereocenters. The number of piperidine rings is 1. The monoisotopic (exact) mass is 341 g/mol. The van der Waals surface area contributed by atoms with Crippen molar-refractivity contribution in [1.82, 2.24) is 15.2 Å². The molecule has 1 amide bonds. The molecular formula is C20H24FN3O. The van der Waals surface area contributed by atoms with E-state index >= 15 is 0 Å². The summed E-state index contributed by atoms with van der Waals surface area (Å²) in [6.07, 6.45) is 3.68. The van der Waals surface area contributed by atoms with Crippen molar-refractivity contribution in [3.63, 3.8) is 0 Å². The van der Waals surface area contributed by atoms with Crippen molar-refractivity contribution < 1.29 is 9.18 Å². The van der Waals surface area contributed by atoms with Crippen LogP contribution in [0.15, 0.2) is 42.6 Å². The minimum atomic E-state index is -0.212. The average molecular weight is 341 g/mol. The molecule has 5 heteroatoms. The zero-order chi connectivity index (χ0) is 17.6. The predicted octanol–water partition coefficient (Wildman–Crippen LogP) is 3.06. The molecule has 1 atom stereocenters. The maximum atomic E-state index is 13.3. The van der Waals surface area contributed by atoms with Crippen LogP contribution in [0, 0.1) is 18.7 Å². The fraction of sp³-hybridized carbons (Fsp3) is 0.400. The molecule has 1 aromatic carbocycles. The van der Waals surface area contributed by atoms with Gasteiger partial charge in [0.15, 0.2) is 0 Å². The number of nitrogens with one attached hydrogen (secondary N) is 1. The number of aromatic nitrogens is 1. The quantitative estimate of drug-likeness (QED) is 0.909. The Morgan fingerprint density at radius 3 is 2.96 bits per heavy atom. The molecule has 25 heavy (non-hydrogen) atoms. The normalized spacial score (nSPS) is 18.1. The van der Waals surface area contributed by atoms with Crippen LogP contribution in [0.4, 0.5) is 4.39 Å². The molecule has 0 aliphatic carbocycles. The Labute approximate surface area is 148 Å². The first-order valence-corrected chi connectivity index (χ1v) is 8.76. The maximum Gasteiger partial charge on any atom is 0.224 e. The van der Waals surface area contributed by atoms with Crippen LogP contribution in [0.2, 0.25) is 0 Å². The van der Waals surface area contributed by atoms with Crippen LogP contribution in [-0.4, -0.2) is 28.9 Å². The molecule has 1 aliphatic heterocycles. The Balaban J connectivity index is 1.51. The molecule has 2 heterocycles.